The van der Waals surface area contributed by atoms with Crippen molar-refractivity contribution >= 4 is 5.91 Å². The number of aliphatic hydroxyl groups is 8. The first-order valence-electron chi connectivity index (χ1n) is 16.3. The molecule has 0 radical (unpaired) electrons. The van der Waals surface area contributed by atoms with Gasteiger partial charge < -0.3 is 109 Å². The van der Waals surface area contributed by atoms with Gasteiger partial charge in [0.25, 0.3) is 11.8 Å². The van der Waals surface area contributed by atoms with Crippen LogP contribution >= 0.6 is 0 Å². The molecule has 4 rings (SSSR count). The molecular weight excluding hydrogens is 700 g/mol. The lowest BCUT2D eigenvalue weighted by molar-refractivity contribution is -0.307. The lowest BCUT2D eigenvalue weighted by Crippen LogP contribution is -2.69. The van der Waals surface area contributed by atoms with E-state index in [9.17, 15) is 54.4 Å². The molecule has 0 spiro atoms. The molecule has 1 amide bonds. The van der Waals surface area contributed by atoms with Gasteiger partial charge in [-0.3, -0.25) is 4.79 Å². The number of ether oxygens (including phenoxy) is 6. The monoisotopic (exact) mass is 751 g/mol. The van der Waals surface area contributed by atoms with Crippen LogP contribution in [0.4, 0.5) is 8.78 Å². The lowest BCUT2D eigenvalue weighted by Gasteiger charge is -2.48. The van der Waals surface area contributed by atoms with E-state index in [0.29, 0.717) is 0 Å². The first kappa shape index (κ1) is 42.3. The first-order valence-corrected chi connectivity index (χ1v) is 16.3. The van der Waals surface area contributed by atoms with Crippen LogP contribution in [0, 0.1) is 0 Å². The average molecular weight is 752 g/mol. The number of aliphatic hydroxyl groups excluding tert-OH is 8. The van der Waals surface area contributed by atoms with E-state index in [1.807, 2.05) is 0 Å². The Morgan fingerprint density at radius 2 is 1.20 bits per heavy atom. The standard InChI is InChI=1S/C27H51F2N7O15/c28-27(29,5-32)22(44)23(45)36-7-1-6(33)19(49-24-11(34)16(41)14(39)8(2-30)46-24)21(13(7)38)51-26-18(43)20(10(4-37)48-26)50-25-12(35)17(42)15(40)9(3-31)47-25/h6-22,24-26,37-44H,1-5,30-35H2,(H,36,45)/t6-,7+,8+,9-,10+,11+,12+,13-,14+,15+,16-,17+,18+,19+,20+,21+,22+,24+,25+,26-/m0/s1. The minimum atomic E-state index is -4.04. The van der Waals surface area contributed by atoms with Gasteiger partial charge in [0.1, 0.15) is 73.2 Å². The number of hydrogen-bond donors (Lipinski definition) is 15. The van der Waals surface area contributed by atoms with Crippen molar-refractivity contribution in [3.63, 3.8) is 0 Å². The highest BCUT2D eigenvalue weighted by Crippen LogP contribution is 2.35. The van der Waals surface area contributed by atoms with E-state index < -0.39 is 154 Å². The second-order valence-electron chi connectivity index (χ2n) is 13.1. The number of carbonyl (C=O) groups is 1. The molecule has 0 aromatic carbocycles. The van der Waals surface area contributed by atoms with Crippen LogP contribution in [0.2, 0.25) is 0 Å². The molecule has 3 aliphatic heterocycles. The third-order valence-corrected chi connectivity index (χ3v) is 9.57. The molecule has 1 aliphatic carbocycles. The summed E-state index contributed by atoms with van der Waals surface area (Å²) in [5, 5.41) is 86.1. The van der Waals surface area contributed by atoms with Gasteiger partial charge in [-0.1, -0.05) is 0 Å². The van der Waals surface area contributed by atoms with Crippen molar-refractivity contribution in [2.45, 2.75) is 135 Å². The SMILES string of the molecule is NC[C@@H]1O[C@H](O[C@H]2[C@@H](O)[C@H](O[C@@H]3[C@@H](O)[C@H](NC(=O)[C@@H](O)C(F)(F)CN)C[C@H](N)[C@H]3O[C@H]3O[C@H](CN)[C@@H](O)[C@@H](O)[C@H]3N)O[C@@H]2CO)[C@H](N)[C@@H](O)[C@@H]1O. The minimum Gasteiger partial charge on any atom is -0.394 e. The van der Waals surface area contributed by atoms with Gasteiger partial charge in [-0.05, 0) is 6.42 Å². The largest absolute Gasteiger partial charge is 0.394 e. The van der Waals surface area contributed by atoms with E-state index in [1.165, 1.54) is 0 Å². The topological polar surface area (TPSA) is 402 Å². The maximum absolute atomic E-state index is 14.0. The maximum Gasteiger partial charge on any atom is 0.294 e. The number of halogens is 2. The van der Waals surface area contributed by atoms with Gasteiger partial charge in [-0.25, -0.2) is 8.78 Å². The molecule has 4 aliphatic rings. The molecule has 298 valence electrons. The molecule has 3 saturated heterocycles. The van der Waals surface area contributed by atoms with E-state index in [0.717, 1.165) is 0 Å². The summed E-state index contributed by atoms with van der Waals surface area (Å²) in [4.78, 5) is 12.6. The zero-order chi connectivity index (χ0) is 38.1. The summed E-state index contributed by atoms with van der Waals surface area (Å²) in [7, 11) is 0. The third-order valence-electron chi connectivity index (χ3n) is 9.57. The van der Waals surface area contributed by atoms with E-state index in [1.54, 1.807) is 0 Å². The Balaban J connectivity index is 1.59. The molecule has 0 aromatic heterocycles. The van der Waals surface area contributed by atoms with Crippen molar-refractivity contribution < 1.29 is 82.8 Å². The molecule has 4 fully saturated rings. The van der Waals surface area contributed by atoms with Gasteiger partial charge in [0.15, 0.2) is 25.0 Å². The van der Waals surface area contributed by atoms with Crippen LogP contribution in [0.1, 0.15) is 6.42 Å². The second kappa shape index (κ2) is 17.3. The van der Waals surface area contributed by atoms with Crippen LogP contribution in [0.3, 0.4) is 0 Å². The van der Waals surface area contributed by atoms with E-state index in [-0.39, 0.29) is 13.1 Å². The molecule has 0 aromatic rings. The van der Waals surface area contributed by atoms with E-state index in [2.05, 4.69) is 5.32 Å². The lowest BCUT2D eigenvalue weighted by atomic mass is 9.83. The van der Waals surface area contributed by atoms with E-state index in [4.69, 9.17) is 62.8 Å². The molecule has 0 unspecified atom stereocenters. The quantitative estimate of drug-likeness (QED) is 0.0830. The Labute approximate surface area is 289 Å². The van der Waals surface area contributed by atoms with Crippen LogP contribution in [-0.4, -0.2) is 201 Å². The highest BCUT2D eigenvalue weighted by molar-refractivity contribution is 5.82. The Morgan fingerprint density at radius 3 is 1.67 bits per heavy atom. The number of rotatable bonds is 13. The van der Waals surface area contributed by atoms with Gasteiger partial charge in [0, 0.05) is 19.1 Å². The predicted octanol–water partition coefficient (Wildman–Crippen LogP) is -9.78. The fourth-order valence-electron chi connectivity index (χ4n) is 6.42. The summed E-state index contributed by atoms with van der Waals surface area (Å²) >= 11 is 0. The molecule has 20 atom stereocenters. The van der Waals surface area contributed by atoms with Crippen molar-refractivity contribution in [2.24, 2.45) is 34.4 Å². The van der Waals surface area contributed by atoms with Gasteiger partial charge in [0.05, 0.1) is 31.3 Å². The highest BCUT2D eigenvalue weighted by Gasteiger charge is 2.55. The summed E-state index contributed by atoms with van der Waals surface area (Å²) in [6.45, 7) is -2.70. The van der Waals surface area contributed by atoms with Crippen molar-refractivity contribution in [1.29, 1.82) is 0 Å². The molecular formula is C27H51F2N7O15. The van der Waals surface area contributed by atoms with Crippen molar-refractivity contribution in [2.75, 3.05) is 26.2 Å². The summed E-state index contributed by atoms with van der Waals surface area (Å²) in [6.07, 6.45) is -26.4. The zero-order valence-electron chi connectivity index (χ0n) is 27.2. The summed E-state index contributed by atoms with van der Waals surface area (Å²) in [5.74, 6) is -5.65. The Morgan fingerprint density at radius 1 is 0.725 bits per heavy atom. The van der Waals surface area contributed by atoms with Crippen LogP contribution in [0.5, 0.6) is 0 Å². The molecule has 22 nitrogen and oxygen atoms in total. The van der Waals surface area contributed by atoms with Crippen molar-refractivity contribution in [3.05, 3.63) is 0 Å². The average Bonchev–Trinajstić information content (AvgIpc) is 3.40. The van der Waals surface area contributed by atoms with Gasteiger partial charge in [0.2, 0.25) is 0 Å². The van der Waals surface area contributed by atoms with Gasteiger partial charge in [-0.2, -0.15) is 0 Å². The van der Waals surface area contributed by atoms with Crippen LogP contribution < -0.4 is 39.7 Å². The Hall–Kier alpha value is -1.47. The third kappa shape index (κ3) is 8.76. The first-order chi connectivity index (χ1) is 23.9. The molecule has 51 heavy (non-hydrogen) atoms. The second-order valence-corrected chi connectivity index (χ2v) is 13.1. The number of alkyl halides is 2. The Kier molecular flexibility index (Phi) is 14.4. The number of amides is 1. The summed E-state index contributed by atoms with van der Waals surface area (Å²) in [5.41, 5.74) is 34.6. The van der Waals surface area contributed by atoms with Crippen molar-refractivity contribution in [1.82, 2.24) is 5.32 Å². The fraction of sp³-hybridized carbons (Fsp3) is 0.963. The number of hydrogen-bond acceptors (Lipinski definition) is 21. The van der Waals surface area contributed by atoms with Crippen LogP contribution in [0.25, 0.3) is 0 Å². The van der Waals surface area contributed by atoms with Crippen LogP contribution in [0.15, 0.2) is 0 Å². The summed E-state index contributed by atoms with van der Waals surface area (Å²) in [6, 6.07) is -5.53. The van der Waals surface area contributed by atoms with Crippen molar-refractivity contribution in [3.8, 4) is 0 Å². The number of nitrogens with one attached hydrogen (secondary N) is 1. The maximum atomic E-state index is 14.0. The van der Waals surface area contributed by atoms with E-state index >= 15 is 0 Å². The molecule has 3 heterocycles. The number of carbonyl (C=O) groups excluding carboxylic acids is 1. The van der Waals surface area contributed by atoms with Gasteiger partial charge in [-0.15, -0.1) is 0 Å². The fourth-order valence-corrected chi connectivity index (χ4v) is 6.42. The Bertz CT molecular complexity index is 1140. The number of nitrogens with two attached hydrogens (primary N) is 6. The minimum absolute atomic E-state index is 0.250. The predicted molar refractivity (Wildman–Crippen MR) is 162 cm³/mol. The highest BCUT2D eigenvalue weighted by atomic mass is 19.3. The van der Waals surface area contributed by atoms with Crippen LogP contribution in [-0.2, 0) is 33.2 Å². The molecule has 24 heteroatoms. The normalized spacial score (nSPS) is 47.3. The van der Waals surface area contributed by atoms with Gasteiger partial charge >= 0.3 is 0 Å². The summed E-state index contributed by atoms with van der Waals surface area (Å²) < 4.78 is 62.6. The molecule has 0 bridgehead atoms. The molecule has 1 saturated carbocycles. The molecule has 21 N–H and O–H groups in total. The zero-order valence-corrected chi connectivity index (χ0v) is 27.2. The smallest absolute Gasteiger partial charge is 0.294 e.